The third-order valence-corrected chi connectivity index (χ3v) is 2.60. The zero-order valence-electron chi connectivity index (χ0n) is 9.84. The van der Waals surface area contributed by atoms with Crippen LogP contribution in [-0.2, 0) is 11.2 Å². The predicted molar refractivity (Wildman–Crippen MR) is 66.0 cm³/mol. The van der Waals surface area contributed by atoms with E-state index in [-0.39, 0.29) is 0 Å². The van der Waals surface area contributed by atoms with Crippen molar-refractivity contribution in [2.45, 2.75) is 12.8 Å². The van der Waals surface area contributed by atoms with Gasteiger partial charge >= 0.3 is 0 Å². The van der Waals surface area contributed by atoms with Gasteiger partial charge in [0.05, 0.1) is 5.69 Å². The van der Waals surface area contributed by atoms with Crippen molar-refractivity contribution in [3.63, 3.8) is 0 Å². The first-order valence-electron chi connectivity index (χ1n) is 5.53. The summed E-state index contributed by atoms with van der Waals surface area (Å²) in [5.41, 5.74) is 8.80. The summed E-state index contributed by atoms with van der Waals surface area (Å²) in [5, 5.41) is 7.63. The van der Waals surface area contributed by atoms with E-state index in [1.165, 1.54) is 5.56 Å². The Kier molecular flexibility index (Phi) is 3.72. The molecule has 0 saturated heterocycles. The van der Waals surface area contributed by atoms with Gasteiger partial charge in [-0.05, 0) is 30.5 Å². The molecule has 0 aliphatic heterocycles. The number of hydrogen-bond donors (Lipinski definition) is 1. The summed E-state index contributed by atoms with van der Waals surface area (Å²) in [5.74, 6) is 0. The number of nitrogens with zero attached hydrogens (tertiary/aromatic N) is 3. The molecule has 0 saturated carbocycles. The lowest BCUT2D eigenvalue weighted by Crippen LogP contribution is -2.01. The molecule has 0 radical (unpaired) electrons. The lowest BCUT2D eigenvalue weighted by Gasteiger charge is -2.10. The molecule has 0 unspecified atom stereocenters. The summed E-state index contributed by atoms with van der Waals surface area (Å²) in [6.07, 6.45) is 5.28. The summed E-state index contributed by atoms with van der Waals surface area (Å²) in [6.45, 7) is 0.756. The van der Waals surface area contributed by atoms with Crippen LogP contribution >= 0.6 is 0 Å². The molecule has 2 rings (SSSR count). The van der Waals surface area contributed by atoms with Crippen molar-refractivity contribution in [3.05, 3.63) is 36.4 Å². The maximum atomic E-state index is 5.81. The Morgan fingerprint density at radius 3 is 2.76 bits per heavy atom. The lowest BCUT2D eigenvalue weighted by atomic mass is 10.1. The number of ether oxygens (including phenoxy) is 1. The van der Waals surface area contributed by atoms with Crippen LogP contribution in [0.15, 0.2) is 30.9 Å². The Labute approximate surface area is 100 Å². The van der Waals surface area contributed by atoms with E-state index in [2.05, 4.69) is 10.2 Å². The van der Waals surface area contributed by atoms with Crippen LogP contribution in [0.1, 0.15) is 12.0 Å². The van der Waals surface area contributed by atoms with Gasteiger partial charge in [0.1, 0.15) is 12.7 Å². The molecule has 5 nitrogen and oxygen atoms in total. The van der Waals surface area contributed by atoms with Crippen LogP contribution in [0.25, 0.3) is 5.69 Å². The molecule has 0 fully saturated rings. The Morgan fingerprint density at radius 2 is 2.06 bits per heavy atom. The first kappa shape index (κ1) is 11.6. The third kappa shape index (κ3) is 2.82. The van der Waals surface area contributed by atoms with Crippen molar-refractivity contribution in [3.8, 4) is 5.69 Å². The molecule has 1 aromatic carbocycles. The number of nitrogen functional groups attached to an aromatic ring is 1. The van der Waals surface area contributed by atoms with Gasteiger partial charge in [-0.15, -0.1) is 10.2 Å². The lowest BCUT2D eigenvalue weighted by molar-refractivity contribution is 0.195. The number of anilines is 1. The summed E-state index contributed by atoms with van der Waals surface area (Å²) < 4.78 is 6.94. The summed E-state index contributed by atoms with van der Waals surface area (Å²) >= 11 is 0. The molecular formula is C12H16N4O. The van der Waals surface area contributed by atoms with Gasteiger partial charge in [0.2, 0.25) is 0 Å². The fraction of sp³-hybridized carbons (Fsp3) is 0.333. The van der Waals surface area contributed by atoms with Crippen molar-refractivity contribution < 1.29 is 4.74 Å². The average molecular weight is 232 g/mol. The normalized spacial score (nSPS) is 10.6. The Hall–Kier alpha value is -1.88. The van der Waals surface area contributed by atoms with Gasteiger partial charge < -0.3 is 10.5 Å². The second-order valence-electron chi connectivity index (χ2n) is 3.85. The highest BCUT2D eigenvalue weighted by atomic mass is 16.5. The average Bonchev–Trinajstić information content (AvgIpc) is 2.85. The van der Waals surface area contributed by atoms with E-state index >= 15 is 0 Å². The minimum absolute atomic E-state index is 0.740. The number of benzene rings is 1. The van der Waals surface area contributed by atoms with Gasteiger partial charge in [0, 0.05) is 19.4 Å². The van der Waals surface area contributed by atoms with Crippen molar-refractivity contribution in [2.75, 3.05) is 19.5 Å². The highest BCUT2D eigenvalue weighted by Crippen LogP contribution is 2.19. The van der Waals surface area contributed by atoms with Crippen LogP contribution < -0.4 is 5.73 Å². The molecule has 0 aliphatic rings. The minimum Gasteiger partial charge on any atom is -0.399 e. The second-order valence-corrected chi connectivity index (χ2v) is 3.85. The molecule has 1 aromatic heterocycles. The van der Waals surface area contributed by atoms with Gasteiger partial charge in [-0.25, -0.2) is 0 Å². The highest BCUT2D eigenvalue weighted by molar-refractivity contribution is 5.52. The predicted octanol–water partition coefficient (Wildman–Crippen LogP) is 1.43. The summed E-state index contributed by atoms with van der Waals surface area (Å²) in [4.78, 5) is 0. The zero-order chi connectivity index (χ0) is 12.1. The number of nitrogens with two attached hydrogens (primary N) is 1. The van der Waals surface area contributed by atoms with Gasteiger partial charge in [-0.1, -0.05) is 6.07 Å². The van der Waals surface area contributed by atoms with Crippen LogP contribution in [0.4, 0.5) is 5.69 Å². The molecule has 2 aromatic rings. The van der Waals surface area contributed by atoms with E-state index in [9.17, 15) is 0 Å². The number of aryl methyl sites for hydroxylation is 1. The zero-order valence-corrected chi connectivity index (χ0v) is 9.84. The van der Waals surface area contributed by atoms with Gasteiger partial charge in [-0.3, -0.25) is 4.57 Å². The quantitative estimate of drug-likeness (QED) is 0.625. The van der Waals surface area contributed by atoms with Crippen LogP contribution in [0, 0.1) is 0 Å². The maximum Gasteiger partial charge on any atom is 0.123 e. The SMILES string of the molecule is COCCCc1ccc(N)cc1-n1cnnc1. The molecule has 0 spiro atoms. The second kappa shape index (κ2) is 5.45. The first-order valence-corrected chi connectivity index (χ1v) is 5.53. The van der Waals surface area contributed by atoms with E-state index in [1.807, 2.05) is 22.8 Å². The number of rotatable bonds is 5. The van der Waals surface area contributed by atoms with E-state index in [0.29, 0.717) is 0 Å². The Bertz CT molecular complexity index is 467. The van der Waals surface area contributed by atoms with Crippen molar-refractivity contribution in [2.24, 2.45) is 0 Å². The highest BCUT2D eigenvalue weighted by Gasteiger charge is 2.05. The van der Waals surface area contributed by atoms with E-state index < -0.39 is 0 Å². The number of methoxy groups -OCH3 is 1. The molecule has 2 N–H and O–H groups in total. The third-order valence-electron chi connectivity index (χ3n) is 2.60. The topological polar surface area (TPSA) is 66.0 Å². The van der Waals surface area contributed by atoms with Crippen molar-refractivity contribution in [1.29, 1.82) is 0 Å². The van der Waals surface area contributed by atoms with Crippen LogP contribution in [0.2, 0.25) is 0 Å². The molecule has 0 bridgehead atoms. The fourth-order valence-corrected chi connectivity index (χ4v) is 1.76. The van der Waals surface area contributed by atoms with Gasteiger partial charge in [0.25, 0.3) is 0 Å². The number of aromatic nitrogens is 3. The fourth-order valence-electron chi connectivity index (χ4n) is 1.76. The Morgan fingerprint density at radius 1 is 1.29 bits per heavy atom. The molecular weight excluding hydrogens is 216 g/mol. The van der Waals surface area contributed by atoms with Crippen molar-refractivity contribution in [1.82, 2.24) is 14.8 Å². The number of hydrogen-bond acceptors (Lipinski definition) is 4. The monoisotopic (exact) mass is 232 g/mol. The minimum atomic E-state index is 0.740. The van der Waals surface area contributed by atoms with E-state index in [1.54, 1.807) is 19.8 Å². The first-order chi connectivity index (χ1) is 8.31. The Balaban J connectivity index is 2.25. The van der Waals surface area contributed by atoms with Gasteiger partial charge in [0.15, 0.2) is 0 Å². The van der Waals surface area contributed by atoms with Crippen LogP contribution in [0.5, 0.6) is 0 Å². The largest absolute Gasteiger partial charge is 0.399 e. The summed E-state index contributed by atoms with van der Waals surface area (Å²) in [7, 11) is 1.71. The molecule has 0 aliphatic carbocycles. The van der Waals surface area contributed by atoms with Crippen LogP contribution in [-0.4, -0.2) is 28.5 Å². The molecule has 5 heteroatoms. The molecule has 17 heavy (non-hydrogen) atoms. The van der Waals surface area contributed by atoms with E-state index in [4.69, 9.17) is 10.5 Å². The standard InChI is InChI=1S/C12H16N4O/c1-17-6-2-3-10-4-5-11(13)7-12(10)16-8-14-15-9-16/h4-5,7-9H,2-3,6,13H2,1H3. The maximum absolute atomic E-state index is 5.81. The molecule has 1 heterocycles. The van der Waals surface area contributed by atoms with Gasteiger partial charge in [-0.2, -0.15) is 0 Å². The van der Waals surface area contributed by atoms with Crippen LogP contribution in [0.3, 0.4) is 0 Å². The summed E-state index contributed by atoms with van der Waals surface area (Å²) in [6, 6.07) is 5.89. The van der Waals surface area contributed by atoms with Crippen molar-refractivity contribution >= 4 is 5.69 Å². The molecule has 0 amide bonds. The molecule has 0 atom stereocenters. The molecule has 90 valence electrons. The smallest absolute Gasteiger partial charge is 0.123 e. The van der Waals surface area contributed by atoms with E-state index in [0.717, 1.165) is 30.8 Å².